The number of carboxylic acid groups (broad SMARTS) is 1. The molecular weight excluding hydrogens is 444 g/mol. The average molecular weight is 468 g/mol. The Kier molecular flexibility index (Phi) is 6.26. The summed E-state index contributed by atoms with van der Waals surface area (Å²) in [6.45, 7) is 5.88. The highest BCUT2D eigenvalue weighted by Gasteiger charge is 2.18. The number of carboxylic acids is 1. The number of ether oxygens (including phenoxy) is 4. The second-order valence-corrected chi connectivity index (χ2v) is 8.53. The van der Waals surface area contributed by atoms with Crippen LogP contribution in [0.25, 0.3) is 0 Å². The van der Waals surface area contributed by atoms with Crippen LogP contribution in [-0.4, -0.2) is 44.6 Å². The number of fused-ring (bicyclic) bond motifs is 1. The third kappa shape index (κ3) is 5.74. The predicted octanol–water partition coefficient (Wildman–Crippen LogP) is 3.68. The van der Waals surface area contributed by atoms with E-state index in [4.69, 9.17) is 18.9 Å². The van der Waals surface area contributed by atoms with Gasteiger partial charge in [-0.1, -0.05) is 11.3 Å². The number of nitrogens with zero attached hydrogens (tertiary/aromatic N) is 3. The Hall–Kier alpha value is -4.28. The van der Waals surface area contributed by atoms with Crippen LogP contribution in [0.5, 0.6) is 17.2 Å². The largest absolute Gasteiger partial charge is 0.486 e. The van der Waals surface area contributed by atoms with Crippen molar-refractivity contribution in [3.8, 4) is 17.2 Å². The Morgan fingerprint density at radius 1 is 1.15 bits per heavy atom. The van der Waals surface area contributed by atoms with E-state index in [9.17, 15) is 14.7 Å². The number of carbonyl (C=O) groups excluding carboxylic acids is 1. The molecule has 34 heavy (non-hydrogen) atoms. The van der Waals surface area contributed by atoms with Gasteiger partial charge in [0.15, 0.2) is 11.5 Å². The van der Waals surface area contributed by atoms with Gasteiger partial charge in [-0.15, -0.1) is 5.10 Å². The molecule has 11 nitrogen and oxygen atoms in total. The average Bonchev–Trinajstić information content (AvgIpc) is 3.39. The second-order valence-electron chi connectivity index (χ2n) is 8.53. The van der Waals surface area contributed by atoms with Gasteiger partial charge in [-0.05, 0) is 50.6 Å². The fraction of sp³-hybridized carbons (Fsp3) is 0.304. The van der Waals surface area contributed by atoms with Gasteiger partial charge < -0.3 is 24.1 Å². The maximum atomic E-state index is 12.0. The summed E-state index contributed by atoms with van der Waals surface area (Å²) in [5.74, 6) is 0.299. The first kappa shape index (κ1) is 22.9. The van der Waals surface area contributed by atoms with E-state index >= 15 is 0 Å². The quantitative estimate of drug-likeness (QED) is 0.532. The molecule has 2 heterocycles. The van der Waals surface area contributed by atoms with E-state index < -0.39 is 17.7 Å². The first-order chi connectivity index (χ1) is 16.2. The van der Waals surface area contributed by atoms with Gasteiger partial charge in [0.1, 0.15) is 29.2 Å². The lowest BCUT2D eigenvalue weighted by atomic mass is 10.2. The number of nitrogens with one attached hydrogen (secondary N) is 1. The van der Waals surface area contributed by atoms with Gasteiger partial charge in [-0.2, -0.15) is 0 Å². The Bertz CT molecular complexity index is 1220. The predicted molar refractivity (Wildman–Crippen MR) is 119 cm³/mol. The van der Waals surface area contributed by atoms with Crippen molar-refractivity contribution < 1.29 is 33.6 Å². The summed E-state index contributed by atoms with van der Waals surface area (Å²) in [5.41, 5.74) is 1.07. The molecule has 0 unspecified atom stereocenters. The fourth-order valence-corrected chi connectivity index (χ4v) is 3.18. The molecule has 0 bridgehead atoms. The number of carbonyl (C=O) groups is 2. The summed E-state index contributed by atoms with van der Waals surface area (Å²) in [6, 6.07) is 9.85. The maximum absolute atomic E-state index is 12.0. The van der Waals surface area contributed by atoms with E-state index in [2.05, 4.69) is 15.6 Å². The van der Waals surface area contributed by atoms with E-state index in [1.165, 1.54) is 18.2 Å². The molecule has 4 rings (SSSR count). The molecule has 0 atom stereocenters. The number of hydrogen-bond donors (Lipinski definition) is 2. The lowest BCUT2D eigenvalue weighted by molar-refractivity contribution is 0.0634. The van der Waals surface area contributed by atoms with Gasteiger partial charge >= 0.3 is 12.1 Å². The van der Waals surface area contributed by atoms with Gasteiger partial charge in [0.2, 0.25) is 6.79 Å². The minimum atomic E-state index is -1.16. The van der Waals surface area contributed by atoms with Gasteiger partial charge in [0.05, 0.1) is 12.7 Å². The number of rotatable bonds is 7. The van der Waals surface area contributed by atoms with Crippen molar-refractivity contribution in [2.24, 2.45) is 0 Å². The molecular formula is C23H24N4O7. The first-order valence-corrected chi connectivity index (χ1v) is 10.4. The zero-order valence-corrected chi connectivity index (χ0v) is 18.9. The van der Waals surface area contributed by atoms with Gasteiger partial charge in [0, 0.05) is 11.8 Å². The summed E-state index contributed by atoms with van der Waals surface area (Å²) in [5, 5.41) is 20.2. The molecule has 178 valence electrons. The summed E-state index contributed by atoms with van der Waals surface area (Å²) in [4.78, 5) is 23.6. The van der Waals surface area contributed by atoms with Crippen molar-refractivity contribution in [1.29, 1.82) is 0 Å². The molecule has 1 aliphatic heterocycles. The van der Waals surface area contributed by atoms with Gasteiger partial charge in [-0.25, -0.2) is 14.3 Å². The maximum Gasteiger partial charge on any atom is 0.412 e. The minimum Gasteiger partial charge on any atom is -0.486 e. The molecule has 0 saturated carbocycles. The van der Waals surface area contributed by atoms with E-state index in [0.717, 1.165) is 5.56 Å². The van der Waals surface area contributed by atoms with Crippen LogP contribution in [0, 0.1) is 0 Å². The van der Waals surface area contributed by atoms with Crippen molar-refractivity contribution in [1.82, 2.24) is 15.0 Å². The molecule has 0 radical (unpaired) electrons. The van der Waals surface area contributed by atoms with Crippen LogP contribution in [0.15, 0.2) is 42.6 Å². The highest BCUT2D eigenvalue weighted by atomic mass is 16.7. The summed E-state index contributed by atoms with van der Waals surface area (Å²) >= 11 is 0. The number of hydrogen-bond acceptors (Lipinski definition) is 8. The monoisotopic (exact) mass is 468 g/mol. The molecule has 0 aliphatic carbocycles. The van der Waals surface area contributed by atoms with E-state index in [0.29, 0.717) is 29.4 Å². The molecule has 1 aromatic heterocycles. The van der Waals surface area contributed by atoms with Crippen LogP contribution in [0.3, 0.4) is 0 Å². The Balaban J connectivity index is 1.41. The summed E-state index contributed by atoms with van der Waals surface area (Å²) < 4.78 is 23.3. The number of aromatic carboxylic acids is 1. The normalized spacial score (nSPS) is 12.3. The molecule has 1 aliphatic rings. The highest BCUT2D eigenvalue weighted by molar-refractivity contribution is 5.93. The first-order valence-electron chi connectivity index (χ1n) is 10.4. The van der Waals surface area contributed by atoms with Crippen molar-refractivity contribution >= 4 is 17.7 Å². The summed E-state index contributed by atoms with van der Waals surface area (Å²) in [7, 11) is 0. The van der Waals surface area contributed by atoms with Crippen LogP contribution in [-0.2, 0) is 17.9 Å². The summed E-state index contributed by atoms with van der Waals surface area (Å²) in [6.07, 6.45) is 1.04. The molecule has 0 spiro atoms. The van der Waals surface area contributed by atoms with E-state index in [1.54, 1.807) is 31.6 Å². The molecule has 3 aromatic rings. The molecule has 0 saturated heterocycles. The van der Waals surface area contributed by atoms with E-state index in [-0.39, 0.29) is 24.7 Å². The van der Waals surface area contributed by atoms with Crippen molar-refractivity contribution in [3.63, 3.8) is 0 Å². The van der Waals surface area contributed by atoms with Crippen LogP contribution in [0.2, 0.25) is 0 Å². The highest BCUT2D eigenvalue weighted by Crippen LogP contribution is 2.32. The van der Waals surface area contributed by atoms with Gasteiger partial charge in [0.25, 0.3) is 0 Å². The lowest BCUT2D eigenvalue weighted by Gasteiger charge is -2.20. The number of anilines is 1. The molecule has 0 fully saturated rings. The number of amides is 1. The van der Waals surface area contributed by atoms with Crippen LogP contribution in [0.1, 0.15) is 42.4 Å². The molecule has 2 aromatic carbocycles. The third-order valence-electron chi connectivity index (χ3n) is 4.60. The minimum absolute atomic E-state index is 0.0166. The number of aromatic nitrogens is 3. The molecule has 1 amide bonds. The third-order valence-corrected chi connectivity index (χ3v) is 4.60. The van der Waals surface area contributed by atoms with Gasteiger partial charge in [-0.3, -0.25) is 5.32 Å². The lowest BCUT2D eigenvalue weighted by Crippen LogP contribution is -2.27. The van der Waals surface area contributed by atoms with E-state index in [1.807, 2.05) is 18.2 Å². The van der Waals surface area contributed by atoms with Crippen LogP contribution in [0.4, 0.5) is 10.5 Å². The molecule has 11 heteroatoms. The zero-order valence-electron chi connectivity index (χ0n) is 18.9. The molecule has 2 N–H and O–H groups in total. The van der Waals surface area contributed by atoms with Crippen LogP contribution < -0.4 is 19.5 Å². The SMILES string of the molecule is CC(C)(C)OC(=O)Nc1ccc(C(=O)O)c(OCc2cn(Cc3ccc4c(c3)OCO4)nn2)c1. The Labute approximate surface area is 195 Å². The van der Waals surface area contributed by atoms with Crippen molar-refractivity contribution in [2.75, 3.05) is 12.1 Å². The fourth-order valence-electron chi connectivity index (χ4n) is 3.18. The smallest absolute Gasteiger partial charge is 0.412 e. The topological polar surface area (TPSA) is 134 Å². The van der Waals surface area contributed by atoms with Crippen molar-refractivity contribution in [3.05, 3.63) is 59.4 Å². The zero-order chi connectivity index (χ0) is 24.3. The van der Waals surface area contributed by atoms with Crippen LogP contribution >= 0.6 is 0 Å². The standard InChI is InChI=1S/C23H24N4O7/c1-23(2,3)34-22(30)24-15-5-6-17(21(28)29)19(9-15)31-12-16-11-27(26-25-16)10-14-4-7-18-20(8-14)33-13-32-18/h4-9,11H,10,12-13H2,1-3H3,(H,24,30)(H,28,29). The number of benzene rings is 2. The Morgan fingerprint density at radius 3 is 2.71 bits per heavy atom. The van der Waals surface area contributed by atoms with Crippen molar-refractivity contribution in [2.45, 2.75) is 39.5 Å². The Morgan fingerprint density at radius 2 is 1.94 bits per heavy atom. The second kappa shape index (κ2) is 9.30.